The molecule has 102 valence electrons. The third kappa shape index (κ3) is 2.66. The molecule has 0 aromatic heterocycles. The van der Waals surface area contributed by atoms with E-state index in [0.717, 1.165) is 19.3 Å². The molecule has 1 heterocycles. The average Bonchev–Trinajstić information content (AvgIpc) is 3.17. The first-order valence-corrected chi connectivity index (χ1v) is 6.69. The fourth-order valence-electron chi connectivity index (χ4n) is 2.57. The topological polar surface area (TPSA) is 66.8 Å². The van der Waals surface area contributed by atoms with Crippen molar-refractivity contribution in [1.29, 1.82) is 0 Å². The highest BCUT2D eigenvalue weighted by molar-refractivity contribution is 5.86. The molecular weight excluding hydrogens is 234 g/mol. The molecule has 0 bridgehead atoms. The summed E-state index contributed by atoms with van der Waals surface area (Å²) in [6.07, 6.45) is 3.21. The molecule has 5 heteroatoms. The van der Waals surface area contributed by atoms with Gasteiger partial charge >= 0.3 is 5.97 Å². The van der Waals surface area contributed by atoms with E-state index in [1.807, 2.05) is 6.92 Å². The number of carbonyl (C=O) groups excluding carboxylic acids is 1. The van der Waals surface area contributed by atoms with Crippen molar-refractivity contribution in [3.63, 3.8) is 0 Å². The summed E-state index contributed by atoms with van der Waals surface area (Å²) in [5, 5.41) is 9.04. The van der Waals surface area contributed by atoms with Crippen molar-refractivity contribution in [2.75, 3.05) is 26.3 Å². The summed E-state index contributed by atoms with van der Waals surface area (Å²) < 4.78 is 5.38. The Morgan fingerprint density at radius 2 is 2.17 bits per heavy atom. The molecular formula is C13H21NO4. The number of piperidine rings is 1. The zero-order valence-corrected chi connectivity index (χ0v) is 10.9. The minimum absolute atomic E-state index is 0.0990. The number of hydrogen-bond acceptors (Lipinski definition) is 3. The molecule has 0 spiro atoms. The number of hydrogen-bond donors (Lipinski definition) is 1. The molecule has 2 rings (SSSR count). The monoisotopic (exact) mass is 255 g/mol. The molecule has 1 atom stereocenters. The lowest BCUT2D eigenvalue weighted by Gasteiger charge is -2.33. The van der Waals surface area contributed by atoms with E-state index in [-0.39, 0.29) is 11.3 Å². The normalized spacial score (nSPS) is 25.8. The molecule has 1 N–H and O–H groups in total. The maximum absolute atomic E-state index is 12.4. The highest BCUT2D eigenvalue weighted by Crippen LogP contribution is 2.47. The minimum atomic E-state index is -0.790. The van der Waals surface area contributed by atoms with Gasteiger partial charge in [0.15, 0.2) is 0 Å². The first-order valence-electron chi connectivity index (χ1n) is 6.69. The van der Waals surface area contributed by atoms with Crippen LogP contribution in [0.2, 0.25) is 0 Å². The van der Waals surface area contributed by atoms with Gasteiger partial charge in [0.2, 0.25) is 5.91 Å². The van der Waals surface area contributed by atoms with Crippen LogP contribution in [0.4, 0.5) is 0 Å². The van der Waals surface area contributed by atoms with Crippen LogP contribution in [-0.4, -0.2) is 48.2 Å². The fraction of sp³-hybridized carbons (Fsp3) is 0.846. The fourth-order valence-corrected chi connectivity index (χ4v) is 2.57. The van der Waals surface area contributed by atoms with Crippen molar-refractivity contribution in [2.45, 2.75) is 32.6 Å². The Kier molecular flexibility index (Phi) is 3.90. The first kappa shape index (κ1) is 13.3. The van der Waals surface area contributed by atoms with Crippen LogP contribution in [0, 0.1) is 11.3 Å². The van der Waals surface area contributed by atoms with Crippen LogP contribution in [0.1, 0.15) is 32.6 Å². The van der Waals surface area contributed by atoms with Gasteiger partial charge in [0.25, 0.3) is 0 Å². The number of carboxylic acids is 1. The van der Waals surface area contributed by atoms with E-state index in [1.54, 1.807) is 4.90 Å². The smallest absolute Gasteiger partial charge is 0.308 e. The van der Waals surface area contributed by atoms with E-state index in [0.29, 0.717) is 32.7 Å². The Bertz CT molecular complexity index is 338. The first-order chi connectivity index (χ1) is 8.59. The average molecular weight is 255 g/mol. The predicted molar refractivity (Wildman–Crippen MR) is 65.1 cm³/mol. The SMILES string of the molecule is CCOCC1(C(=O)N2CCCC(C(=O)O)C2)CC1. The van der Waals surface area contributed by atoms with Crippen molar-refractivity contribution >= 4 is 11.9 Å². The lowest BCUT2D eigenvalue weighted by molar-refractivity contribution is -0.148. The number of aliphatic carboxylic acids is 1. The highest BCUT2D eigenvalue weighted by Gasteiger charge is 2.52. The summed E-state index contributed by atoms with van der Waals surface area (Å²) in [6, 6.07) is 0. The van der Waals surface area contributed by atoms with Crippen LogP contribution < -0.4 is 0 Å². The van der Waals surface area contributed by atoms with Crippen LogP contribution in [0.25, 0.3) is 0 Å². The largest absolute Gasteiger partial charge is 0.481 e. The molecule has 5 nitrogen and oxygen atoms in total. The van der Waals surface area contributed by atoms with E-state index < -0.39 is 11.9 Å². The summed E-state index contributed by atoms with van der Waals surface area (Å²) in [4.78, 5) is 25.1. The maximum Gasteiger partial charge on any atom is 0.308 e. The number of likely N-dealkylation sites (tertiary alicyclic amines) is 1. The molecule has 18 heavy (non-hydrogen) atoms. The lowest BCUT2D eigenvalue weighted by atomic mass is 9.96. The van der Waals surface area contributed by atoms with Gasteiger partial charge in [0.05, 0.1) is 17.9 Å². The van der Waals surface area contributed by atoms with E-state index in [9.17, 15) is 9.59 Å². The third-order valence-electron chi connectivity index (χ3n) is 3.95. The quantitative estimate of drug-likeness (QED) is 0.799. The summed E-state index contributed by atoms with van der Waals surface area (Å²) in [6.45, 7) is 4.07. The number of carbonyl (C=O) groups is 2. The Balaban J connectivity index is 1.94. The van der Waals surface area contributed by atoms with E-state index >= 15 is 0 Å². The van der Waals surface area contributed by atoms with Gasteiger partial charge in [0, 0.05) is 19.7 Å². The third-order valence-corrected chi connectivity index (χ3v) is 3.95. The van der Waals surface area contributed by atoms with Crippen molar-refractivity contribution in [3.05, 3.63) is 0 Å². The zero-order chi connectivity index (χ0) is 13.2. The zero-order valence-electron chi connectivity index (χ0n) is 10.9. The summed E-state index contributed by atoms with van der Waals surface area (Å²) >= 11 is 0. The van der Waals surface area contributed by atoms with Gasteiger partial charge in [-0.3, -0.25) is 9.59 Å². The summed E-state index contributed by atoms with van der Waals surface area (Å²) in [5.74, 6) is -1.09. The van der Waals surface area contributed by atoms with Crippen molar-refractivity contribution < 1.29 is 19.4 Å². The second-order valence-corrected chi connectivity index (χ2v) is 5.35. The van der Waals surface area contributed by atoms with Gasteiger partial charge in [0.1, 0.15) is 0 Å². The maximum atomic E-state index is 12.4. The second-order valence-electron chi connectivity index (χ2n) is 5.35. The molecule has 1 saturated heterocycles. The van der Waals surface area contributed by atoms with E-state index in [4.69, 9.17) is 9.84 Å². The number of carboxylic acid groups (broad SMARTS) is 1. The standard InChI is InChI=1S/C13H21NO4/c1-2-18-9-13(5-6-13)12(17)14-7-3-4-10(8-14)11(15)16/h10H,2-9H2,1H3,(H,15,16). The van der Waals surface area contributed by atoms with Gasteiger partial charge in [-0.1, -0.05) is 0 Å². The molecule has 1 unspecified atom stereocenters. The van der Waals surface area contributed by atoms with Crippen LogP contribution >= 0.6 is 0 Å². The van der Waals surface area contributed by atoms with E-state index in [2.05, 4.69) is 0 Å². The van der Waals surface area contributed by atoms with E-state index in [1.165, 1.54) is 0 Å². The van der Waals surface area contributed by atoms with Gasteiger partial charge in [-0.2, -0.15) is 0 Å². The minimum Gasteiger partial charge on any atom is -0.481 e. The summed E-state index contributed by atoms with van der Waals surface area (Å²) in [5.41, 5.74) is -0.337. The molecule has 1 amide bonds. The Labute approximate surface area is 107 Å². The van der Waals surface area contributed by atoms with Gasteiger partial charge < -0.3 is 14.7 Å². The molecule has 0 aromatic rings. The van der Waals surface area contributed by atoms with Gasteiger partial charge in [-0.15, -0.1) is 0 Å². The highest BCUT2D eigenvalue weighted by atomic mass is 16.5. The van der Waals surface area contributed by atoms with Crippen LogP contribution in [-0.2, 0) is 14.3 Å². The second kappa shape index (κ2) is 5.26. The van der Waals surface area contributed by atoms with Gasteiger partial charge in [-0.05, 0) is 32.6 Å². The molecule has 0 radical (unpaired) electrons. The molecule has 1 aliphatic carbocycles. The van der Waals surface area contributed by atoms with Crippen molar-refractivity contribution in [2.24, 2.45) is 11.3 Å². The predicted octanol–water partition coefficient (Wildman–Crippen LogP) is 1.13. The molecule has 2 fully saturated rings. The number of amides is 1. The number of rotatable bonds is 5. The molecule has 2 aliphatic rings. The van der Waals surface area contributed by atoms with Gasteiger partial charge in [-0.25, -0.2) is 0 Å². The molecule has 1 saturated carbocycles. The Hall–Kier alpha value is -1.10. The number of nitrogens with zero attached hydrogens (tertiary/aromatic N) is 1. The summed E-state index contributed by atoms with van der Waals surface area (Å²) in [7, 11) is 0. The van der Waals surface area contributed by atoms with Crippen LogP contribution in [0.15, 0.2) is 0 Å². The molecule has 1 aliphatic heterocycles. The molecule has 0 aromatic carbocycles. The van der Waals surface area contributed by atoms with Crippen LogP contribution in [0.5, 0.6) is 0 Å². The Morgan fingerprint density at radius 1 is 1.44 bits per heavy atom. The lowest BCUT2D eigenvalue weighted by Crippen LogP contribution is -2.46. The number of ether oxygens (including phenoxy) is 1. The van der Waals surface area contributed by atoms with Crippen molar-refractivity contribution in [3.8, 4) is 0 Å². The van der Waals surface area contributed by atoms with Crippen LogP contribution in [0.3, 0.4) is 0 Å². The Morgan fingerprint density at radius 3 is 2.72 bits per heavy atom. The van der Waals surface area contributed by atoms with Crippen molar-refractivity contribution in [1.82, 2.24) is 4.90 Å².